The molecule has 0 aliphatic heterocycles. The van der Waals surface area contributed by atoms with E-state index in [1.54, 1.807) is 0 Å². The third-order valence-corrected chi connectivity index (χ3v) is 3.47. The Bertz CT molecular complexity index is 425. The van der Waals surface area contributed by atoms with Gasteiger partial charge >= 0.3 is 6.18 Å². The quantitative estimate of drug-likeness (QED) is 0.840. The Morgan fingerprint density at radius 2 is 1.84 bits per heavy atom. The van der Waals surface area contributed by atoms with Crippen molar-refractivity contribution in [3.8, 4) is 0 Å². The highest BCUT2D eigenvalue weighted by molar-refractivity contribution is 5.45. The first-order valence-electron chi connectivity index (χ1n) is 6.54. The van der Waals surface area contributed by atoms with Gasteiger partial charge in [0, 0.05) is 5.69 Å². The fourth-order valence-corrected chi connectivity index (χ4v) is 2.42. The summed E-state index contributed by atoms with van der Waals surface area (Å²) in [6, 6.07) is 3.86. The van der Waals surface area contributed by atoms with Gasteiger partial charge in [0.1, 0.15) is 0 Å². The van der Waals surface area contributed by atoms with E-state index in [-0.39, 0.29) is 24.0 Å². The highest BCUT2D eigenvalue weighted by Gasteiger charge is 2.33. The smallest absolute Gasteiger partial charge is 0.399 e. The highest BCUT2D eigenvalue weighted by Crippen LogP contribution is 2.34. The fourth-order valence-electron chi connectivity index (χ4n) is 2.42. The second-order valence-electron chi connectivity index (χ2n) is 4.99. The molecule has 1 aliphatic carbocycles. The Morgan fingerprint density at radius 1 is 1.16 bits per heavy atom. The van der Waals surface area contributed by atoms with Gasteiger partial charge in [-0.15, -0.1) is 0 Å². The molecule has 0 atom stereocenters. The minimum atomic E-state index is -4.39. The van der Waals surface area contributed by atoms with Crippen molar-refractivity contribution in [1.29, 1.82) is 0 Å². The molecular formula is C14H18F3NO. The molecule has 1 aromatic rings. The van der Waals surface area contributed by atoms with E-state index in [1.165, 1.54) is 18.6 Å². The zero-order valence-electron chi connectivity index (χ0n) is 10.7. The maximum absolute atomic E-state index is 12.9. The average molecular weight is 273 g/mol. The zero-order chi connectivity index (χ0) is 13.9. The number of ether oxygens (including phenoxy) is 1. The van der Waals surface area contributed by atoms with E-state index < -0.39 is 11.7 Å². The number of nitrogen functional groups attached to an aromatic ring is 1. The number of halogens is 3. The minimum absolute atomic E-state index is 0.000208. The van der Waals surface area contributed by atoms with E-state index in [4.69, 9.17) is 10.5 Å². The Labute approximate surface area is 110 Å². The molecule has 0 aromatic heterocycles. The number of benzene rings is 1. The van der Waals surface area contributed by atoms with Crippen molar-refractivity contribution in [2.45, 2.75) is 51.0 Å². The Morgan fingerprint density at radius 3 is 2.47 bits per heavy atom. The summed E-state index contributed by atoms with van der Waals surface area (Å²) in [7, 11) is 0. The van der Waals surface area contributed by atoms with Gasteiger partial charge < -0.3 is 10.5 Å². The van der Waals surface area contributed by atoms with Gasteiger partial charge in [0.05, 0.1) is 18.3 Å². The molecule has 1 saturated carbocycles. The summed E-state index contributed by atoms with van der Waals surface area (Å²) in [6.07, 6.45) is 0.965. The van der Waals surface area contributed by atoms with Gasteiger partial charge in [-0.3, -0.25) is 0 Å². The summed E-state index contributed by atoms with van der Waals surface area (Å²) in [5, 5.41) is 0. The Hall–Kier alpha value is -1.23. The molecule has 0 unspecified atom stereocenters. The van der Waals surface area contributed by atoms with Gasteiger partial charge in [0.25, 0.3) is 0 Å². The molecule has 0 amide bonds. The van der Waals surface area contributed by atoms with Crippen LogP contribution in [0.15, 0.2) is 18.2 Å². The minimum Gasteiger partial charge on any atom is -0.399 e. The average Bonchev–Trinajstić information content (AvgIpc) is 2.37. The van der Waals surface area contributed by atoms with Crippen LogP contribution in [0.4, 0.5) is 18.9 Å². The lowest BCUT2D eigenvalue weighted by Gasteiger charge is -2.23. The van der Waals surface area contributed by atoms with Crippen molar-refractivity contribution in [1.82, 2.24) is 0 Å². The second-order valence-corrected chi connectivity index (χ2v) is 4.99. The van der Waals surface area contributed by atoms with E-state index in [2.05, 4.69) is 0 Å². The van der Waals surface area contributed by atoms with Crippen LogP contribution in [-0.2, 0) is 17.5 Å². The summed E-state index contributed by atoms with van der Waals surface area (Å²) in [5.74, 6) is 0. The standard InChI is InChI=1S/C14H18F3NO/c15-14(16,17)13-8-11(18)7-6-10(13)9-19-12-4-2-1-3-5-12/h6-8,12H,1-5,9,18H2. The van der Waals surface area contributed by atoms with E-state index in [0.29, 0.717) is 0 Å². The summed E-state index contributed by atoms with van der Waals surface area (Å²) >= 11 is 0. The lowest BCUT2D eigenvalue weighted by Crippen LogP contribution is -2.18. The molecule has 0 spiro atoms. The molecule has 106 valence electrons. The van der Waals surface area contributed by atoms with Crippen LogP contribution in [0.5, 0.6) is 0 Å². The van der Waals surface area contributed by atoms with Crippen molar-refractivity contribution in [2.75, 3.05) is 5.73 Å². The number of rotatable bonds is 3. The molecule has 0 saturated heterocycles. The molecule has 5 heteroatoms. The summed E-state index contributed by atoms with van der Waals surface area (Å²) in [4.78, 5) is 0. The molecule has 0 radical (unpaired) electrons. The normalized spacial score (nSPS) is 17.6. The molecule has 1 aromatic carbocycles. The highest BCUT2D eigenvalue weighted by atomic mass is 19.4. The van der Waals surface area contributed by atoms with Crippen LogP contribution in [0.25, 0.3) is 0 Å². The maximum atomic E-state index is 12.9. The predicted molar refractivity (Wildman–Crippen MR) is 67.5 cm³/mol. The molecule has 1 aliphatic rings. The van der Waals surface area contributed by atoms with Crippen molar-refractivity contribution >= 4 is 5.69 Å². The molecule has 2 nitrogen and oxygen atoms in total. The predicted octanol–water partition coefficient (Wildman–Crippen LogP) is 4.14. The van der Waals surface area contributed by atoms with Gasteiger partial charge in [0.15, 0.2) is 0 Å². The lowest BCUT2D eigenvalue weighted by molar-refractivity contribution is -0.139. The van der Waals surface area contributed by atoms with Crippen molar-refractivity contribution < 1.29 is 17.9 Å². The van der Waals surface area contributed by atoms with E-state index in [1.807, 2.05) is 0 Å². The van der Waals surface area contributed by atoms with Gasteiger partial charge in [-0.05, 0) is 30.5 Å². The van der Waals surface area contributed by atoms with E-state index >= 15 is 0 Å². The molecule has 19 heavy (non-hydrogen) atoms. The third-order valence-electron chi connectivity index (χ3n) is 3.47. The molecule has 0 bridgehead atoms. The van der Waals surface area contributed by atoms with Crippen LogP contribution >= 0.6 is 0 Å². The van der Waals surface area contributed by atoms with Crippen LogP contribution in [0.3, 0.4) is 0 Å². The number of hydrogen-bond donors (Lipinski definition) is 1. The van der Waals surface area contributed by atoms with Crippen LogP contribution in [0.1, 0.15) is 43.2 Å². The first-order chi connectivity index (χ1) is 8.97. The maximum Gasteiger partial charge on any atom is 0.416 e. The van der Waals surface area contributed by atoms with Gasteiger partial charge in [-0.25, -0.2) is 0 Å². The van der Waals surface area contributed by atoms with Crippen LogP contribution in [-0.4, -0.2) is 6.10 Å². The number of hydrogen-bond acceptors (Lipinski definition) is 2. The Kier molecular flexibility index (Phi) is 4.34. The van der Waals surface area contributed by atoms with E-state index in [9.17, 15) is 13.2 Å². The first kappa shape index (κ1) is 14.2. The van der Waals surface area contributed by atoms with Crippen molar-refractivity contribution in [3.63, 3.8) is 0 Å². The largest absolute Gasteiger partial charge is 0.416 e. The molecule has 2 rings (SSSR count). The van der Waals surface area contributed by atoms with Crippen LogP contribution in [0, 0.1) is 0 Å². The summed E-state index contributed by atoms with van der Waals surface area (Å²) in [5.41, 5.74) is 5.01. The molecule has 2 N–H and O–H groups in total. The first-order valence-corrected chi connectivity index (χ1v) is 6.54. The topological polar surface area (TPSA) is 35.2 Å². The zero-order valence-corrected chi connectivity index (χ0v) is 10.7. The van der Waals surface area contributed by atoms with E-state index in [0.717, 1.165) is 31.7 Å². The SMILES string of the molecule is Nc1ccc(COC2CCCCC2)c(C(F)(F)F)c1. The van der Waals surface area contributed by atoms with Gasteiger partial charge in [-0.2, -0.15) is 13.2 Å². The van der Waals surface area contributed by atoms with Crippen LogP contribution in [0.2, 0.25) is 0 Å². The van der Waals surface area contributed by atoms with Crippen molar-refractivity contribution in [2.24, 2.45) is 0 Å². The fraction of sp³-hybridized carbons (Fsp3) is 0.571. The molecule has 1 fully saturated rings. The number of alkyl halides is 3. The van der Waals surface area contributed by atoms with Crippen LogP contribution < -0.4 is 5.73 Å². The van der Waals surface area contributed by atoms with Crippen molar-refractivity contribution in [3.05, 3.63) is 29.3 Å². The second kappa shape index (κ2) is 5.82. The van der Waals surface area contributed by atoms with Gasteiger partial charge in [-0.1, -0.05) is 25.3 Å². The molecule has 0 heterocycles. The monoisotopic (exact) mass is 273 g/mol. The Balaban J connectivity index is 2.06. The third kappa shape index (κ3) is 3.86. The lowest BCUT2D eigenvalue weighted by atomic mass is 9.97. The summed E-state index contributed by atoms with van der Waals surface area (Å²) < 4.78 is 44.3. The van der Waals surface area contributed by atoms with Gasteiger partial charge in [0.2, 0.25) is 0 Å². The number of anilines is 1. The summed E-state index contributed by atoms with van der Waals surface area (Å²) in [6.45, 7) is -0.000208. The number of nitrogens with two attached hydrogens (primary N) is 1. The molecular weight excluding hydrogens is 255 g/mol.